The molecule has 0 aliphatic carbocycles. The van der Waals surface area contributed by atoms with Gasteiger partial charge in [-0.05, 0) is 12.8 Å². The molecule has 5 nitrogen and oxygen atoms in total. The summed E-state index contributed by atoms with van der Waals surface area (Å²) in [6.45, 7) is 5.31. The van der Waals surface area contributed by atoms with Gasteiger partial charge >= 0.3 is 5.97 Å². The van der Waals surface area contributed by atoms with Gasteiger partial charge in [0.1, 0.15) is 5.54 Å². The summed E-state index contributed by atoms with van der Waals surface area (Å²) in [6, 6.07) is 0. The summed E-state index contributed by atoms with van der Waals surface area (Å²) in [7, 11) is 1.49. The lowest BCUT2D eigenvalue weighted by Gasteiger charge is -2.30. The molecule has 0 bridgehead atoms. The summed E-state index contributed by atoms with van der Waals surface area (Å²) < 4.78 is 4.74. The first-order chi connectivity index (χ1) is 6.84. The predicted molar refractivity (Wildman–Crippen MR) is 55.5 cm³/mol. The standard InChI is InChI=1S/C10H19NO4/c1-7(2)10(3,9(13)14)11-8(12)5-6-15-4/h7H,5-6H2,1-4H3,(H,11,12)(H,13,14). The Labute approximate surface area is 89.8 Å². The fourth-order valence-electron chi connectivity index (χ4n) is 0.992. The molecule has 2 N–H and O–H groups in total. The number of carboxylic acid groups (broad SMARTS) is 1. The maximum Gasteiger partial charge on any atom is 0.329 e. The smallest absolute Gasteiger partial charge is 0.329 e. The first-order valence-corrected chi connectivity index (χ1v) is 4.88. The van der Waals surface area contributed by atoms with Gasteiger partial charge < -0.3 is 15.2 Å². The normalized spacial score (nSPS) is 14.7. The molecular weight excluding hydrogens is 198 g/mol. The highest BCUT2D eigenvalue weighted by Crippen LogP contribution is 2.16. The van der Waals surface area contributed by atoms with Crippen LogP contribution in [0.1, 0.15) is 27.2 Å². The van der Waals surface area contributed by atoms with E-state index in [9.17, 15) is 9.59 Å². The molecule has 1 unspecified atom stereocenters. The van der Waals surface area contributed by atoms with Gasteiger partial charge in [-0.2, -0.15) is 0 Å². The quantitative estimate of drug-likeness (QED) is 0.684. The van der Waals surface area contributed by atoms with E-state index in [0.717, 1.165) is 0 Å². The topological polar surface area (TPSA) is 75.6 Å². The molecular formula is C10H19NO4. The van der Waals surface area contributed by atoms with E-state index in [1.165, 1.54) is 14.0 Å². The SMILES string of the molecule is COCCC(=O)NC(C)(C(=O)O)C(C)C. The Morgan fingerprint density at radius 2 is 2.00 bits per heavy atom. The van der Waals surface area contributed by atoms with Gasteiger partial charge in [0.25, 0.3) is 0 Å². The Hall–Kier alpha value is -1.10. The molecule has 0 saturated heterocycles. The average molecular weight is 217 g/mol. The zero-order valence-electron chi connectivity index (χ0n) is 9.66. The number of aliphatic carboxylic acids is 1. The van der Waals surface area contributed by atoms with Gasteiger partial charge in [-0.25, -0.2) is 4.79 Å². The number of nitrogens with one attached hydrogen (secondary N) is 1. The molecule has 0 aliphatic heterocycles. The average Bonchev–Trinajstić information content (AvgIpc) is 2.13. The molecule has 0 fully saturated rings. The van der Waals surface area contributed by atoms with Crippen LogP contribution in [0.4, 0.5) is 0 Å². The number of carbonyl (C=O) groups is 2. The third-order valence-corrected chi connectivity index (χ3v) is 2.53. The van der Waals surface area contributed by atoms with E-state index in [2.05, 4.69) is 5.32 Å². The van der Waals surface area contributed by atoms with Gasteiger partial charge in [0.15, 0.2) is 0 Å². The largest absolute Gasteiger partial charge is 0.480 e. The molecule has 0 saturated carbocycles. The molecule has 0 heterocycles. The molecule has 1 atom stereocenters. The van der Waals surface area contributed by atoms with Crippen LogP contribution in [0.15, 0.2) is 0 Å². The second kappa shape index (κ2) is 5.70. The summed E-state index contributed by atoms with van der Waals surface area (Å²) in [6.07, 6.45) is 0.173. The van der Waals surface area contributed by atoms with E-state index in [-0.39, 0.29) is 18.2 Å². The summed E-state index contributed by atoms with van der Waals surface area (Å²) in [5.74, 6) is -1.51. The van der Waals surface area contributed by atoms with Crippen LogP contribution in [-0.4, -0.2) is 36.2 Å². The lowest BCUT2D eigenvalue weighted by Crippen LogP contribution is -2.56. The number of amides is 1. The summed E-state index contributed by atoms with van der Waals surface area (Å²) in [5, 5.41) is 11.5. The van der Waals surface area contributed by atoms with Gasteiger partial charge in [-0.1, -0.05) is 13.8 Å². The van der Waals surface area contributed by atoms with Crippen LogP contribution in [-0.2, 0) is 14.3 Å². The van der Waals surface area contributed by atoms with Crippen LogP contribution in [0.3, 0.4) is 0 Å². The zero-order chi connectivity index (χ0) is 12.1. The molecule has 0 aromatic carbocycles. The van der Waals surface area contributed by atoms with Crippen LogP contribution in [0, 0.1) is 5.92 Å². The van der Waals surface area contributed by atoms with Crippen LogP contribution in [0.25, 0.3) is 0 Å². The van der Waals surface area contributed by atoms with Crippen LogP contribution < -0.4 is 5.32 Å². The van der Waals surface area contributed by atoms with Gasteiger partial charge in [0, 0.05) is 13.5 Å². The Bertz CT molecular complexity index is 240. The minimum absolute atomic E-state index is 0.173. The first-order valence-electron chi connectivity index (χ1n) is 4.88. The minimum atomic E-state index is -1.22. The van der Waals surface area contributed by atoms with Crippen molar-refractivity contribution in [1.82, 2.24) is 5.32 Å². The second-order valence-electron chi connectivity index (χ2n) is 3.95. The highest BCUT2D eigenvalue weighted by molar-refractivity contribution is 5.86. The molecule has 0 radical (unpaired) electrons. The van der Waals surface area contributed by atoms with Crippen molar-refractivity contribution >= 4 is 11.9 Å². The van der Waals surface area contributed by atoms with E-state index in [1.807, 2.05) is 0 Å². The van der Waals surface area contributed by atoms with Crippen molar-refractivity contribution in [3.8, 4) is 0 Å². The van der Waals surface area contributed by atoms with Crippen molar-refractivity contribution in [2.24, 2.45) is 5.92 Å². The van der Waals surface area contributed by atoms with Crippen molar-refractivity contribution in [3.63, 3.8) is 0 Å². The molecule has 0 aromatic rings. The number of methoxy groups -OCH3 is 1. The fourth-order valence-corrected chi connectivity index (χ4v) is 0.992. The van der Waals surface area contributed by atoms with E-state index < -0.39 is 11.5 Å². The van der Waals surface area contributed by atoms with Crippen molar-refractivity contribution in [1.29, 1.82) is 0 Å². The molecule has 1 amide bonds. The number of hydrogen-bond donors (Lipinski definition) is 2. The molecule has 0 rings (SSSR count). The Morgan fingerprint density at radius 3 is 2.33 bits per heavy atom. The van der Waals surface area contributed by atoms with Gasteiger partial charge in [-0.15, -0.1) is 0 Å². The maximum atomic E-state index is 11.4. The zero-order valence-corrected chi connectivity index (χ0v) is 9.66. The number of rotatable bonds is 6. The number of ether oxygens (including phenoxy) is 1. The molecule has 0 aromatic heterocycles. The van der Waals surface area contributed by atoms with Crippen LogP contribution in [0.2, 0.25) is 0 Å². The van der Waals surface area contributed by atoms with Crippen molar-refractivity contribution in [3.05, 3.63) is 0 Å². The summed E-state index contributed by atoms with van der Waals surface area (Å²) in [4.78, 5) is 22.4. The van der Waals surface area contributed by atoms with Crippen molar-refractivity contribution in [2.75, 3.05) is 13.7 Å². The minimum Gasteiger partial charge on any atom is -0.480 e. The highest BCUT2D eigenvalue weighted by Gasteiger charge is 2.37. The van der Waals surface area contributed by atoms with E-state index in [1.54, 1.807) is 13.8 Å². The van der Waals surface area contributed by atoms with Gasteiger partial charge in [0.05, 0.1) is 6.61 Å². The van der Waals surface area contributed by atoms with E-state index in [0.29, 0.717) is 6.61 Å². The predicted octanol–water partition coefficient (Wildman–Crippen LogP) is 0.638. The molecule has 0 aliphatic rings. The monoisotopic (exact) mass is 217 g/mol. The fraction of sp³-hybridized carbons (Fsp3) is 0.800. The molecule has 0 spiro atoms. The van der Waals surface area contributed by atoms with Crippen molar-refractivity contribution in [2.45, 2.75) is 32.7 Å². The number of hydrogen-bond acceptors (Lipinski definition) is 3. The summed E-state index contributed by atoms with van der Waals surface area (Å²) >= 11 is 0. The van der Waals surface area contributed by atoms with Crippen molar-refractivity contribution < 1.29 is 19.4 Å². The maximum absolute atomic E-state index is 11.4. The molecule has 88 valence electrons. The van der Waals surface area contributed by atoms with E-state index >= 15 is 0 Å². The summed E-state index contributed by atoms with van der Waals surface area (Å²) in [5.41, 5.74) is -1.22. The Kier molecular flexibility index (Phi) is 5.28. The Balaban J connectivity index is 4.43. The molecule has 5 heteroatoms. The van der Waals surface area contributed by atoms with Gasteiger partial charge in [0.2, 0.25) is 5.91 Å². The highest BCUT2D eigenvalue weighted by atomic mass is 16.5. The Morgan fingerprint density at radius 1 is 1.47 bits per heavy atom. The third kappa shape index (κ3) is 3.87. The first kappa shape index (κ1) is 13.9. The lowest BCUT2D eigenvalue weighted by atomic mass is 9.88. The van der Waals surface area contributed by atoms with Crippen LogP contribution in [0.5, 0.6) is 0 Å². The molecule has 15 heavy (non-hydrogen) atoms. The second-order valence-corrected chi connectivity index (χ2v) is 3.95. The lowest BCUT2D eigenvalue weighted by molar-refractivity contribution is -0.149. The van der Waals surface area contributed by atoms with E-state index in [4.69, 9.17) is 9.84 Å². The third-order valence-electron chi connectivity index (χ3n) is 2.53. The van der Waals surface area contributed by atoms with Crippen LogP contribution >= 0.6 is 0 Å². The number of carboxylic acids is 1. The van der Waals surface area contributed by atoms with Gasteiger partial charge in [-0.3, -0.25) is 4.79 Å². The number of carbonyl (C=O) groups excluding carboxylic acids is 1.